The SMILES string of the molecule is CS(=O)(=O)c1ccc(NC(=O)Cc2ccc(N3CCCC3=O)cc2)cc1. The molecule has 1 aliphatic heterocycles. The number of hydrogen-bond donors (Lipinski definition) is 1. The van der Waals surface area contributed by atoms with Crippen molar-refractivity contribution < 1.29 is 18.0 Å². The first-order valence-electron chi connectivity index (χ1n) is 8.32. The van der Waals surface area contributed by atoms with Crippen molar-refractivity contribution in [3.63, 3.8) is 0 Å². The van der Waals surface area contributed by atoms with E-state index in [1.54, 1.807) is 17.0 Å². The summed E-state index contributed by atoms with van der Waals surface area (Å²) in [5.41, 5.74) is 2.24. The third-order valence-corrected chi connectivity index (χ3v) is 5.38. The normalized spacial score (nSPS) is 14.5. The lowest BCUT2D eigenvalue weighted by atomic mass is 10.1. The van der Waals surface area contributed by atoms with E-state index in [1.165, 1.54) is 12.1 Å². The number of nitrogens with zero attached hydrogens (tertiary/aromatic N) is 1. The van der Waals surface area contributed by atoms with Gasteiger partial charge in [-0.1, -0.05) is 12.1 Å². The quantitative estimate of drug-likeness (QED) is 0.874. The van der Waals surface area contributed by atoms with E-state index in [9.17, 15) is 18.0 Å². The molecule has 3 rings (SSSR count). The molecule has 0 spiro atoms. The van der Waals surface area contributed by atoms with E-state index in [1.807, 2.05) is 24.3 Å². The molecule has 2 aromatic rings. The van der Waals surface area contributed by atoms with Crippen LogP contribution in [-0.4, -0.2) is 33.0 Å². The zero-order chi connectivity index (χ0) is 18.7. The minimum absolute atomic E-state index is 0.132. The van der Waals surface area contributed by atoms with Crippen LogP contribution in [0.25, 0.3) is 0 Å². The molecule has 6 nitrogen and oxygen atoms in total. The van der Waals surface area contributed by atoms with Gasteiger partial charge < -0.3 is 10.2 Å². The molecule has 0 radical (unpaired) electrons. The molecule has 1 saturated heterocycles. The largest absolute Gasteiger partial charge is 0.326 e. The average Bonchev–Trinajstić information content (AvgIpc) is 3.01. The molecule has 2 aromatic carbocycles. The van der Waals surface area contributed by atoms with Gasteiger partial charge in [-0.2, -0.15) is 0 Å². The van der Waals surface area contributed by atoms with Gasteiger partial charge in [-0.05, 0) is 48.4 Å². The van der Waals surface area contributed by atoms with E-state index in [4.69, 9.17) is 0 Å². The lowest BCUT2D eigenvalue weighted by molar-refractivity contribution is -0.117. The molecule has 1 fully saturated rings. The fourth-order valence-corrected chi connectivity index (χ4v) is 3.52. The zero-order valence-electron chi connectivity index (χ0n) is 14.4. The van der Waals surface area contributed by atoms with Gasteiger partial charge in [0.05, 0.1) is 11.3 Å². The minimum Gasteiger partial charge on any atom is -0.326 e. The molecule has 1 aliphatic rings. The Morgan fingerprint density at radius 1 is 1.08 bits per heavy atom. The molecule has 0 bridgehead atoms. The first kappa shape index (κ1) is 18.1. The second-order valence-electron chi connectivity index (χ2n) is 6.34. The van der Waals surface area contributed by atoms with Crippen LogP contribution in [0, 0.1) is 0 Å². The summed E-state index contributed by atoms with van der Waals surface area (Å²) in [6.07, 6.45) is 2.80. The Morgan fingerprint density at radius 3 is 2.27 bits per heavy atom. The van der Waals surface area contributed by atoms with Crippen LogP contribution in [0.3, 0.4) is 0 Å². The summed E-state index contributed by atoms with van der Waals surface area (Å²) in [5.74, 6) is -0.0601. The van der Waals surface area contributed by atoms with Crippen LogP contribution in [0.1, 0.15) is 18.4 Å². The summed E-state index contributed by atoms with van der Waals surface area (Å²) >= 11 is 0. The molecular weight excluding hydrogens is 352 g/mol. The Balaban J connectivity index is 1.60. The van der Waals surface area contributed by atoms with Gasteiger partial charge in [-0.25, -0.2) is 8.42 Å². The van der Waals surface area contributed by atoms with Gasteiger partial charge in [0.25, 0.3) is 0 Å². The van der Waals surface area contributed by atoms with Crippen LogP contribution >= 0.6 is 0 Å². The number of benzene rings is 2. The summed E-state index contributed by atoms with van der Waals surface area (Å²) in [5, 5.41) is 2.75. The summed E-state index contributed by atoms with van der Waals surface area (Å²) in [4.78, 5) is 25.9. The highest BCUT2D eigenvalue weighted by molar-refractivity contribution is 7.90. The molecule has 1 N–H and O–H groups in total. The molecule has 0 aromatic heterocycles. The van der Waals surface area contributed by atoms with Crippen molar-refractivity contribution in [2.24, 2.45) is 0 Å². The maximum Gasteiger partial charge on any atom is 0.228 e. The van der Waals surface area contributed by atoms with Crippen molar-refractivity contribution in [1.82, 2.24) is 0 Å². The second-order valence-corrected chi connectivity index (χ2v) is 8.35. The lowest BCUT2D eigenvalue weighted by Crippen LogP contribution is -2.23. The highest BCUT2D eigenvalue weighted by Crippen LogP contribution is 2.22. The number of rotatable bonds is 5. The van der Waals surface area contributed by atoms with E-state index in [2.05, 4.69) is 5.32 Å². The van der Waals surface area contributed by atoms with Crippen LogP contribution in [0.5, 0.6) is 0 Å². The maximum absolute atomic E-state index is 12.2. The van der Waals surface area contributed by atoms with Crippen LogP contribution in [-0.2, 0) is 25.8 Å². The third-order valence-electron chi connectivity index (χ3n) is 4.25. The van der Waals surface area contributed by atoms with E-state index in [0.717, 1.165) is 30.5 Å². The van der Waals surface area contributed by atoms with E-state index >= 15 is 0 Å². The molecular formula is C19H20N2O4S. The van der Waals surface area contributed by atoms with Crippen molar-refractivity contribution in [3.05, 3.63) is 54.1 Å². The van der Waals surface area contributed by atoms with E-state index < -0.39 is 9.84 Å². The molecule has 0 unspecified atom stereocenters. The van der Waals surface area contributed by atoms with Crippen LogP contribution in [0.4, 0.5) is 11.4 Å². The van der Waals surface area contributed by atoms with Gasteiger partial charge in [0, 0.05) is 30.6 Å². The van der Waals surface area contributed by atoms with Gasteiger partial charge in [0.15, 0.2) is 9.84 Å². The van der Waals surface area contributed by atoms with Crippen molar-refractivity contribution in [1.29, 1.82) is 0 Å². The highest BCUT2D eigenvalue weighted by Gasteiger charge is 2.21. The predicted molar refractivity (Wildman–Crippen MR) is 99.9 cm³/mol. The number of amides is 2. The summed E-state index contributed by atoms with van der Waals surface area (Å²) in [6.45, 7) is 0.738. The van der Waals surface area contributed by atoms with Crippen molar-refractivity contribution >= 4 is 33.0 Å². The molecule has 0 saturated carbocycles. The second kappa shape index (κ2) is 7.29. The Bertz CT molecular complexity index is 919. The molecule has 2 amide bonds. The zero-order valence-corrected chi connectivity index (χ0v) is 15.3. The van der Waals surface area contributed by atoms with Crippen LogP contribution < -0.4 is 10.2 Å². The first-order valence-corrected chi connectivity index (χ1v) is 10.2. The number of carbonyl (C=O) groups is 2. The predicted octanol–water partition coefficient (Wildman–Crippen LogP) is 2.40. The number of carbonyl (C=O) groups excluding carboxylic acids is 2. The van der Waals surface area contributed by atoms with Gasteiger partial charge in [-0.3, -0.25) is 9.59 Å². The fraction of sp³-hybridized carbons (Fsp3) is 0.263. The highest BCUT2D eigenvalue weighted by atomic mass is 32.2. The molecule has 26 heavy (non-hydrogen) atoms. The molecule has 136 valence electrons. The minimum atomic E-state index is -3.25. The van der Waals surface area contributed by atoms with Gasteiger partial charge in [-0.15, -0.1) is 0 Å². The third kappa shape index (κ3) is 4.29. The summed E-state index contributed by atoms with van der Waals surface area (Å²) < 4.78 is 22.9. The number of sulfone groups is 1. The Hall–Kier alpha value is -2.67. The Morgan fingerprint density at radius 2 is 1.73 bits per heavy atom. The fourth-order valence-electron chi connectivity index (χ4n) is 2.89. The molecule has 7 heteroatoms. The lowest BCUT2D eigenvalue weighted by Gasteiger charge is -2.15. The maximum atomic E-state index is 12.2. The van der Waals surface area contributed by atoms with Crippen LogP contribution in [0.2, 0.25) is 0 Å². The molecule has 0 atom stereocenters. The monoisotopic (exact) mass is 372 g/mol. The van der Waals surface area contributed by atoms with Gasteiger partial charge in [0.1, 0.15) is 0 Å². The van der Waals surface area contributed by atoms with Crippen molar-refractivity contribution in [2.75, 3.05) is 23.0 Å². The topological polar surface area (TPSA) is 83.6 Å². The summed E-state index contributed by atoms with van der Waals surface area (Å²) in [6, 6.07) is 13.5. The smallest absolute Gasteiger partial charge is 0.228 e. The van der Waals surface area contributed by atoms with Crippen LogP contribution in [0.15, 0.2) is 53.4 Å². The van der Waals surface area contributed by atoms with Crippen molar-refractivity contribution in [2.45, 2.75) is 24.2 Å². The van der Waals surface area contributed by atoms with E-state index in [-0.39, 0.29) is 23.1 Å². The Labute approximate surface area is 152 Å². The molecule has 0 aliphatic carbocycles. The Kier molecular flexibility index (Phi) is 5.08. The van der Waals surface area contributed by atoms with Gasteiger partial charge >= 0.3 is 0 Å². The van der Waals surface area contributed by atoms with E-state index in [0.29, 0.717) is 12.1 Å². The van der Waals surface area contributed by atoms with Gasteiger partial charge in [0.2, 0.25) is 11.8 Å². The number of anilines is 2. The molecule has 1 heterocycles. The average molecular weight is 372 g/mol. The number of hydrogen-bond acceptors (Lipinski definition) is 4. The summed E-state index contributed by atoms with van der Waals surface area (Å²) in [7, 11) is -3.25. The first-order chi connectivity index (χ1) is 12.3. The number of nitrogens with one attached hydrogen (secondary N) is 1. The van der Waals surface area contributed by atoms with Crippen molar-refractivity contribution in [3.8, 4) is 0 Å². The standard InChI is InChI=1S/C19H20N2O4S/c1-26(24,25)17-10-6-15(7-11-17)20-18(22)13-14-4-8-16(9-5-14)21-12-2-3-19(21)23/h4-11H,2-3,12-13H2,1H3,(H,20,22).